The standard InChI is InChI=1S/C27H34FN5O6S/c1-40-12-11-21(27(38)39)33-26(37)22(14-17-5-3-2-4-6-17)32-24(35)16-30-23(34)15-31-25(36)20(29)13-18-7-9-19(28)10-8-18/h2-10,20-22H,11-16,29H2,1H3,(H,30,34)(H,31,36)(H,32,35)(H,33,37)(H,38,39)/t20-,21-,22-/m0/s1. The van der Waals surface area contributed by atoms with E-state index < -0.39 is 66.6 Å². The summed E-state index contributed by atoms with van der Waals surface area (Å²) in [7, 11) is 0. The normalized spacial score (nSPS) is 12.9. The van der Waals surface area contributed by atoms with Gasteiger partial charge in [-0.2, -0.15) is 11.8 Å². The Balaban J connectivity index is 1.88. The van der Waals surface area contributed by atoms with E-state index in [-0.39, 0.29) is 19.3 Å². The molecule has 2 aromatic carbocycles. The van der Waals surface area contributed by atoms with Crippen molar-refractivity contribution in [2.45, 2.75) is 37.4 Å². The fourth-order valence-corrected chi connectivity index (χ4v) is 4.05. The van der Waals surface area contributed by atoms with Crippen molar-refractivity contribution in [2.75, 3.05) is 25.1 Å². The molecule has 216 valence electrons. The van der Waals surface area contributed by atoms with Crippen LogP contribution < -0.4 is 27.0 Å². The Bertz CT molecular complexity index is 1150. The SMILES string of the molecule is CSCC[C@H](NC(=O)[C@H](Cc1ccccc1)NC(=O)CNC(=O)CNC(=O)[C@@H](N)Cc1ccc(F)cc1)C(=O)O. The summed E-state index contributed by atoms with van der Waals surface area (Å²) in [5.74, 6) is -3.68. The molecule has 0 heterocycles. The summed E-state index contributed by atoms with van der Waals surface area (Å²) in [4.78, 5) is 61.4. The summed E-state index contributed by atoms with van der Waals surface area (Å²) in [6.07, 6.45) is 2.27. The number of hydrogen-bond acceptors (Lipinski definition) is 7. The minimum Gasteiger partial charge on any atom is -0.480 e. The van der Waals surface area contributed by atoms with Gasteiger partial charge in [-0.3, -0.25) is 19.2 Å². The Morgan fingerprint density at radius 1 is 0.825 bits per heavy atom. The van der Waals surface area contributed by atoms with Crippen LogP contribution in [0.15, 0.2) is 54.6 Å². The fourth-order valence-electron chi connectivity index (χ4n) is 3.58. The summed E-state index contributed by atoms with van der Waals surface area (Å²) in [5, 5.41) is 19.2. The highest BCUT2D eigenvalue weighted by molar-refractivity contribution is 7.98. The van der Waals surface area contributed by atoms with Gasteiger partial charge in [-0.05, 0) is 48.1 Å². The Morgan fingerprint density at radius 2 is 1.45 bits per heavy atom. The zero-order valence-corrected chi connectivity index (χ0v) is 22.8. The molecule has 0 aliphatic carbocycles. The van der Waals surface area contributed by atoms with Crippen molar-refractivity contribution in [3.05, 3.63) is 71.5 Å². The average Bonchev–Trinajstić information content (AvgIpc) is 2.93. The first kappa shape index (κ1) is 32.2. The van der Waals surface area contributed by atoms with Crippen molar-refractivity contribution in [1.29, 1.82) is 0 Å². The predicted molar refractivity (Wildman–Crippen MR) is 149 cm³/mol. The van der Waals surface area contributed by atoms with Gasteiger partial charge in [0.25, 0.3) is 0 Å². The monoisotopic (exact) mass is 575 g/mol. The molecule has 0 unspecified atom stereocenters. The zero-order chi connectivity index (χ0) is 29.5. The van der Waals surface area contributed by atoms with Crippen molar-refractivity contribution in [3.63, 3.8) is 0 Å². The maximum absolute atomic E-state index is 13.0. The highest BCUT2D eigenvalue weighted by Crippen LogP contribution is 2.07. The van der Waals surface area contributed by atoms with Crippen LogP contribution >= 0.6 is 11.8 Å². The van der Waals surface area contributed by atoms with Gasteiger partial charge < -0.3 is 32.1 Å². The van der Waals surface area contributed by atoms with Gasteiger partial charge in [-0.25, -0.2) is 9.18 Å². The predicted octanol–water partition coefficient (Wildman–Crippen LogP) is -0.0221. The van der Waals surface area contributed by atoms with E-state index in [0.29, 0.717) is 11.3 Å². The van der Waals surface area contributed by atoms with Crippen LogP contribution in [0.3, 0.4) is 0 Å². The maximum Gasteiger partial charge on any atom is 0.326 e. The minimum atomic E-state index is -1.18. The first-order valence-electron chi connectivity index (χ1n) is 12.5. The fraction of sp³-hybridized carbons (Fsp3) is 0.370. The van der Waals surface area contributed by atoms with E-state index in [4.69, 9.17) is 5.73 Å². The summed E-state index contributed by atoms with van der Waals surface area (Å²) in [5.41, 5.74) is 7.23. The highest BCUT2D eigenvalue weighted by atomic mass is 32.2. The summed E-state index contributed by atoms with van der Waals surface area (Å²) in [6.45, 7) is -0.920. The quantitative estimate of drug-likeness (QED) is 0.162. The molecule has 0 aliphatic rings. The van der Waals surface area contributed by atoms with E-state index in [1.165, 1.54) is 36.0 Å². The number of rotatable bonds is 16. The molecule has 2 rings (SSSR count). The average molecular weight is 576 g/mol. The molecule has 7 N–H and O–H groups in total. The molecule has 11 nitrogen and oxygen atoms in total. The molecular formula is C27H34FN5O6S. The lowest BCUT2D eigenvalue weighted by atomic mass is 10.0. The van der Waals surface area contributed by atoms with E-state index in [1.807, 2.05) is 6.26 Å². The van der Waals surface area contributed by atoms with Crippen LogP contribution in [0.2, 0.25) is 0 Å². The van der Waals surface area contributed by atoms with Crippen molar-refractivity contribution in [3.8, 4) is 0 Å². The van der Waals surface area contributed by atoms with Crippen LogP contribution in [0.4, 0.5) is 4.39 Å². The summed E-state index contributed by atoms with van der Waals surface area (Å²) < 4.78 is 13.0. The number of carbonyl (C=O) groups excluding carboxylic acids is 4. The second-order valence-corrected chi connectivity index (χ2v) is 9.91. The topological polar surface area (TPSA) is 180 Å². The number of nitrogens with one attached hydrogen (secondary N) is 4. The summed E-state index contributed by atoms with van der Waals surface area (Å²) in [6, 6.07) is 11.2. The second-order valence-electron chi connectivity index (χ2n) is 8.92. The molecule has 0 spiro atoms. The number of benzene rings is 2. The molecule has 0 aromatic heterocycles. The molecule has 0 fully saturated rings. The van der Waals surface area contributed by atoms with E-state index in [1.54, 1.807) is 30.3 Å². The Morgan fingerprint density at radius 3 is 2.08 bits per heavy atom. The largest absolute Gasteiger partial charge is 0.480 e. The number of carboxylic acids is 1. The lowest BCUT2D eigenvalue weighted by Crippen LogP contribution is -2.54. The van der Waals surface area contributed by atoms with Gasteiger partial charge in [-0.15, -0.1) is 0 Å². The lowest BCUT2D eigenvalue weighted by Gasteiger charge is -2.22. The van der Waals surface area contributed by atoms with Crippen LogP contribution in [0, 0.1) is 5.82 Å². The van der Waals surface area contributed by atoms with Gasteiger partial charge in [0.05, 0.1) is 19.1 Å². The third-order valence-corrected chi connectivity index (χ3v) is 6.38. The number of carbonyl (C=O) groups is 5. The van der Waals surface area contributed by atoms with Gasteiger partial charge >= 0.3 is 5.97 Å². The van der Waals surface area contributed by atoms with E-state index in [2.05, 4.69) is 21.3 Å². The van der Waals surface area contributed by atoms with Crippen molar-refractivity contribution in [1.82, 2.24) is 21.3 Å². The molecule has 13 heteroatoms. The van der Waals surface area contributed by atoms with Gasteiger partial charge in [-0.1, -0.05) is 42.5 Å². The van der Waals surface area contributed by atoms with Crippen molar-refractivity contribution in [2.24, 2.45) is 5.73 Å². The zero-order valence-electron chi connectivity index (χ0n) is 22.0. The summed E-state index contributed by atoms with van der Waals surface area (Å²) >= 11 is 1.44. The van der Waals surface area contributed by atoms with Crippen LogP contribution in [-0.2, 0) is 36.8 Å². The number of amides is 4. The van der Waals surface area contributed by atoms with Gasteiger partial charge in [0.2, 0.25) is 23.6 Å². The van der Waals surface area contributed by atoms with Gasteiger partial charge in [0.1, 0.15) is 17.9 Å². The molecule has 2 aromatic rings. The molecule has 4 amide bonds. The van der Waals surface area contributed by atoms with Crippen molar-refractivity contribution >= 4 is 41.4 Å². The minimum absolute atomic E-state index is 0.100. The van der Waals surface area contributed by atoms with E-state index >= 15 is 0 Å². The van der Waals surface area contributed by atoms with Gasteiger partial charge in [0, 0.05) is 6.42 Å². The molecule has 0 radical (unpaired) electrons. The molecule has 0 saturated carbocycles. The first-order valence-corrected chi connectivity index (χ1v) is 13.9. The molecular weight excluding hydrogens is 541 g/mol. The molecule has 3 atom stereocenters. The molecule has 40 heavy (non-hydrogen) atoms. The number of carboxylic acid groups (broad SMARTS) is 1. The number of halogens is 1. The van der Waals surface area contributed by atoms with E-state index in [9.17, 15) is 33.5 Å². The van der Waals surface area contributed by atoms with Crippen molar-refractivity contribution < 1.29 is 33.5 Å². The van der Waals surface area contributed by atoms with Crippen LogP contribution in [0.25, 0.3) is 0 Å². The van der Waals surface area contributed by atoms with E-state index in [0.717, 1.165) is 5.56 Å². The Kier molecular flexibility index (Phi) is 13.6. The molecule has 0 aliphatic heterocycles. The maximum atomic E-state index is 13.0. The second kappa shape index (κ2) is 16.9. The number of hydrogen-bond donors (Lipinski definition) is 6. The van der Waals surface area contributed by atoms with Crippen LogP contribution in [-0.4, -0.2) is 77.9 Å². The number of thioether (sulfide) groups is 1. The number of nitrogens with two attached hydrogens (primary N) is 1. The molecule has 0 bridgehead atoms. The van der Waals surface area contributed by atoms with Crippen LogP contribution in [0.5, 0.6) is 0 Å². The number of aliphatic carboxylic acids is 1. The lowest BCUT2D eigenvalue weighted by molar-refractivity contribution is -0.142. The Labute approximate surface area is 235 Å². The third-order valence-electron chi connectivity index (χ3n) is 5.73. The van der Waals surface area contributed by atoms with Crippen LogP contribution in [0.1, 0.15) is 17.5 Å². The van der Waals surface area contributed by atoms with Gasteiger partial charge in [0.15, 0.2) is 0 Å². The highest BCUT2D eigenvalue weighted by Gasteiger charge is 2.27. The smallest absolute Gasteiger partial charge is 0.326 e. The Hall–Kier alpha value is -3.97. The third kappa shape index (κ3) is 11.8. The first-order chi connectivity index (χ1) is 19.1. The molecule has 0 saturated heterocycles.